The molecule has 0 unspecified atom stereocenters. The van der Waals surface area contributed by atoms with Gasteiger partial charge < -0.3 is 16.0 Å². The Morgan fingerprint density at radius 2 is 1.52 bits per heavy atom. The van der Waals surface area contributed by atoms with Gasteiger partial charge in [0.2, 0.25) is 15.9 Å². The van der Waals surface area contributed by atoms with Crippen LogP contribution < -0.4 is 21.1 Å². The van der Waals surface area contributed by atoms with E-state index in [-0.39, 0.29) is 39.1 Å². The molecule has 14 heteroatoms. The van der Waals surface area contributed by atoms with Crippen molar-refractivity contribution in [3.05, 3.63) is 130 Å². The minimum atomic E-state index is -3.85. The first-order chi connectivity index (χ1) is 21.0. The molecule has 0 radical (unpaired) electrons. The molecule has 0 saturated heterocycles. The van der Waals surface area contributed by atoms with Crippen LogP contribution >= 0.6 is 11.8 Å². The van der Waals surface area contributed by atoms with Crippen molar-refractivity contribution < 1.29 is 27.7 Å². The summed E-state index contributed by atoms with van der Waals surface area (Å²) in [4.78, 5) is 50.2. The van der Waals surface area contributed by atoms with E-state index < -0.39 is 26.8 Å². The summed E-state index contributed by atoms with van der Waals surface area (Å²) < 4.78 is 22.8. The third kappa shape index (κ3) is 8.84. The average molecular weight is 632 g/mol. The van der Waals surface area contributed by atoms with Gasteiger partial charge in [-0.15, -0.1) is 11.8 Å². The summed E-state index contributed by atoms with van der Waals surface area (Å²) in [5, 5.41) is 24.5. The van der Waals surface area contributed by atoms with Gasteiger partial charge in [-0.05, 0) is 66.7 Å². The first kappa shape index (κ1) is 31.6. The summed E-state index contributed by atoms with van der Waals surface area (Å²) in [5.41, 5.74) is 0.667. The smallest absolute Gasteiger partial charge is 0.276 e. The van der Waals surface area contributed by atoms with Gasteiger partial charge in [0.05, 0.1) is 21.1 Å². The number of nitro benzene ring substituents is 1. The highest BCUT2D eigenvalue weighted by Crippen LogP contribution is 2.24. The van der Waals surface area contributed by atoms with Crippen molar-refractivity contribution in [1.82, 2.24) is 5.32 Å². The van der Waals surface area contributed by atoms with E-state index in [0.717, 1.165) is 0 Å². The van der Waals surface area contributed by atoms with Crippen LogP contribution in [0.4, 0.5) is 17.1 Å². The lowest BCUT2D eigenvalue weighted by Crippen LogP contribution is -2.30. The van der Waals surface area contributed by atoms with E-state index in [1.807, 2.05) is 0 Å². The molecule has 224 valence electrons. The van der Waals surface area contributed by atoms with E-state index in [1.54, 1.807) is 60.7 Å². The summed E-state index contributed by atoms with van der Waals surface area (Å²) in [5.74, 6) is -1.66. The quantitative estimate of drug-likeness (QED) is 0.0811. The summed E-state index contributed by atoms with van der Waals surface area (Å²) >= 11 is 1.18. The summed E-state index contributed by atoms with van der Waals surface area (Å²) in [6, 6.07) is 26.0. The molecule has 5 N–H and O–H groups in total. The molecule has 0 atom stereocenters. The van der Waals surface area contributed by atoms with Crippen LogP contribution in [0.5, 0.6) is 0 Å². The predicted molar refractivity (Wildman–Crippen MR) is 167 cm³/mol. The van der Waals surface area contributed by atoms with Crippen molar-refractivity contribution in [3.63, 3.8) is 0 Å². The molecular weight excluding hydrogens is 606 g/mol. The van der Waals surface area contributed by atoms with Gasteiger partial charge in [0.25, 0.3) is 17.5 Å². The van der Waals surface area contributed by atoms with Crippen LogP contribution in [0.25, 0.3) is 6.08 Å². The van der Waals surface area contributed by atoms with Gasteiger partial charge >= 0.3 is 0 Å². The van der Waals surface area contributed by atoms with E-state index in [4.69, 9.17) is 5.14 Å². The maximum atomic E-state index is 13.4. The number of anilines is 2. The van der Waals surface area contributed by atoms with Gasteiger partial charge in [0.1, 0.15) is 5.70 Å². The minimum Gasteiger partial charge on any atom is -0.325 e. The fourth-order valence-corrected chi connectivity index (χ4v) is 5.08. The third-order valence-corrected chi connectivity index (χ3v) is 7.81. The van der Waals surface area contributed by atoms with Crippen LogP contribution in [-0.4, -0.2) is 36.8 Å². The number of hydrogen-bond acceptors (Lipinski definition) is 8. The zero-order chi connectivity index (χ0) is 31.7. The second-order valence-corrected chi connectivity index (χ2v) is 11.7. The first-order valence-corrected chi connectivity index (χ1v) is 15.3. The van der Waals surface area contributed by atoms with Crippen LogP contribution in [0, 0.1) is 10.1 Å². The fourth-order valence-electron chi connectivity index (χ4n) is 3.81. The Morgan fingerprint density at radius 1 is 0.841 bits per heavy atom. The van der Waals surface area contributed by atoms with Gasteiger partial charge in [-0.2, -0.15) is 0 Å². The lowest BCUT2D eigenvalue weighted by atomic mass is 10.1. The summed E-state index contributed by atoms with van der Waals surface area (Å²) in [7, 11) is -3.85. The van der Waals surface area contributed by atoms with Crippen molar-refractivity contribution in [2.75, 3.05) is 16.4 Å². The number of nitro groups is 1. The molecule has 3 amide bonds. The number of para-hydroxylation sites is 1. The predicted octanol–water partition coefficient (Wildman–Crippen LogP) is 4.38. The van der Waals surface area contributed by atoms with E-state index in [1.165, 1.54) is 60.3 Å². The maximum Gasteiger partial charge on any atom is 0.276 e. The fraction of sp³-hybridized carbons (Fsp3) is 0.0333. The standard InChI is InChI=1S/C30H25N5O7S2/c31-44(41,42)25-15-13-22(14-16-25)32-28(36)19-43-24-11-6-10-23(18-24)33-30(38)26(34-29(37)20-7-2-1-3-8-20)17-21-9-4-5-12-27(21)35(39)40/h1-18H,19H2,(H,32,36)(H,33,38)(H,34,37)(H2,31,41,42)/b26-17+. The average Bonchev–Trinajstić information content (AvgIpc) is 3.00. The minimum absolute atomic E-state index is 0.00426. The second-order valence-electron chi connectivity index (χ2n) is 9.08. The van der Waals surface area contributed by atoms with Gasteiger partial charge in [0.15, 0.2) is 0 Å². The van der Waals surface area contributed by atoms with Crippen molar-refractivity contribution in [1.29, 1.82) is 0 Å². The molecule has 0 aliphatic carbocycles. The summed E-state index contributed by atoms with van der Waals surface area (Å²) in [6.07, 6.45) is 1.23. The maximum absolute atomic E-state index is 13.4. The molecule has 0 heterocycles. The number of benzene rings is 4. The third-order valence-electron chi connectivity index (χ3n) is 5.89. The number of thioether (sulfide) groups is 1. The molecule has 0 saturated carbocycles. The van der Waals surface area contributed by atoms with Crippen molar-refractivity contribution in [2.45, 2.75) is 9.79 Å². The number of nitrogens with zero attached hydrogens (tertiary/aromatic N) is 1. The number of nitrogens with two attached hydrogens (primary N) is 1. The molecule has 0 bridgehead atoms. The number of amides is 3. The zero-order valence-electron chi connectivity index (χ0n) is 22.8. The molecular formula is C30H25N5O7S2. The van der Waals surface area contributed by atoms with Gasteiger partial charge in [0, 0.05) is 27.9 Å². The molecule has 0 aliphatic heterocycles. The highest BCUT2D eigenvalue weighted by Gasteiger charge is 2.18. The lowest BCUT2D eigenvalue weighted by Gasteiger charge is -2.12. The molecule has 0 aromatic heterocycles. The topological polar surface area (TPSA) is 191 Å². The van der Waals surface area contributed by atoms with E-state index in [9.17, 15) is 32.9 Å². The molecule has 4 aromatic carbocycles. The van der Waals surface area contributed by atoms with Crippen LogP contribution in [-0.2, 0) is 19.6 Å². The lowest BCUT2D eigenvalue weighted by molar-refractivity contribution is -0.385. The Kier molecular flexibility index (Phi) is 10.2. The largest absolute Gasteiger partial charge is 0.325 e. The Morgan fingerprint density at radius 3 is 2.20 bits per heavy atom. The molecule has 0 aliphatic rings. The molecule has 4 rings (SSSR count). The van der Waals surface area contributed by atoms with E-state index in [2.05, 4.69) is 16.0 Å². The van der Waals surface area contributed by atoms with E-state index >= 15 is 0 Å². The molecule has 44 heavy (non-hydrogen) atoms. The van der Waals surface area contributed by atoms with Crippen LogP contribution in [0.3, 0.4) is 0 Å². The SMILES string of the molecule is NS(=O)(=O)c1ccc(NC(=O)CSc2cccc(NC(=O)/C(=C\c3ccccc3[N+](=O)[O-])NC(=O)c3ccccc3)c2)cc1. The number of nitrogens with one attached hydrogen (secondary N) is 3. The Labute approximate surface area is 256 Å². The van der Waals surface area contributed by atoms with Crippen molar-refractivity contribution in [2.24, 2.45) is 5.14 Å². The molecule has 12 nitrogen and oxygen atoms in total. The van der Waals surface area contributed by atoms with Gasteiger partial charge in [-0.1, -0.05) is 36.4 Å². The Bertz CT molecular complexity index is 1850. The van der Waals surface area contributed by atoms with Crippen molar-refractivity contribution in [3.8, 4) is 0 Å². The van der Waals surface area contributed by atoms with Crippen molar-refractivity contribution >= 4 is 62.6 Å². The highest BCUT2D eigenvalue weighted by molar-refractivity contribution is 8.00. The van der Waals surface area contributed by atoms with Crippen LogP contribution in [0.1, 0.15) is 15.9 Å². The molecule has 0 fully saturated rings. The first-order valence-electron chi connectivity index (χ1n) is 12.8. The van der Waals surface area contributed by atoms with Crippen LogP contribution in [0.2, 0.25) is 0 Å². The van der Waals surface area contributed by atoms with E-state index in [0.29, 0.717) is 16.3 Å². The molecule has 0 spiro atoms. The number of sulfonamides is 1. The highest BCUT2D eigenvalue weighted by atomic mass is 32.2. The number of carbonyl (C=O) groups is 3. The number of primary sulfonamides is 1. The zero-order valence-corrected chi connectivity index (χ0v) is 24.4. The Balaban J connectivity index is 1.47. The second kappa shape index (κ2) is 14.2. The number of carbonyl (C=O) groups excluding carboxylic acids is 3. The van der Waals surface area contributed by atoms with Crippen LogP contribution in [0.15, 0.2) is 119 Å². The monoisotopic (exact) mass is 631 g/mol. The van der Waals surface area contributed by atoms with Gasteiger partial charge in [-0.25, -0.2) is 13.6 Å². The Hall–Kier alpha value is -5.31. The summed E-state index contributed by atoms with van der Waals surface area (Å²) in [6.45, 7) is 0. The molecule has 4 aromatic rings. The number of hydrogen-bond donors (Lipinski definition) is 4. The normalized spacial score (nSPS) is 11.3. The number of rotatable bonds is 11. The van der Waals surface area contributed by atoms with Gasteiger partial charge in [-0.3, -0.25) is 24.5 Å².